The average Bonchev–Trinajstić information content (AvgIpc) is 2.45. The molecule has 1 aromatic carbocycles. The molecule has 21 heavy (non-hydrogen) atoms. The van der Waals surface area contributed by atoms with E-state index in [0.717, 1.165) is 12.5 Å². The number of halogens is 2. The SMILES string of the molecule is C=C(C)c1cc(OCc2ccccc2)nc(C(C)(F)F)n1. The van der Waals surface area contributed by atoms with Gasteiger partial charge in [0.15, 0.2) is 0 Å². The molecule has 0 amide bonds. The zero-order valence-corrected chi connectivity index (χ0v) is 11.9. The largest absolute Gasteiger partial charge is 0.473 e. The summed E-state index contributed by atoms with van der Waals surface area (Å²) in [5.74, 6) is -3.58. The number of allylic oxidation sites excluding steroid dienone is 1. The van der Waals surface area contributed by atoms with Gasteiger partial charge >= 0.3 is 5.92 Å². The summed E-state index contributed by atoms with van der Waals surface area (Å²) in [6, 6.07) is 10.9. The summed E-state index contributed by atoms with van der Waals surface area (Å²) in [5, 5.41) is 0. The van der Waals surface area contributed by atoms with E-state index in [1.807, 2.05) is 30.3 Å². The monoisotopic (exact) mass is 290 g/mol. The Bertz CT molecular complexity index is 636. The number of benzene rings is 1. The molecule has 3 nitrogen and oxygen atoms in total. The molecule has 0 aliphatic carbocycles. The summed E-state index contributed by atoms with van der Waals surface area (Å²) in [5.41, 5.74) is 1.86. The Balaban J connectivity index is 2.26. The number of aromatic nitrogens is 2. The average molecular weight is 290 g/mol. The molecule has 0 unspecified atom stereocenters. The summed E-state index contributed by atoms with van der Waals surface area (Å²) < 4.78 is 32.4. The first-order valence-corrected chi connectivity index (χ1v) is 6.46. The van der Waals surface area contributed by atoms with Gasteiger partial charge in [-0.2, -0.15) is 13.8 Å². The highest BCUT2D eigenvalue weighted by molar-refractivity contribution is 5.58. The molecule has 0 fully saturated rings. The fraction of sp³-hybridized carbons (Fsp3) is 0.250. The van der Waals surface area contributed by atoms with Crippen LogP contribution in [-0.2, 0) is 12.5 Å². The Morgan fingerprint density at radius 1 is 1.24 bits per heavy atom. The highest BCUT2D eigenvalue weighted by atomic mass is 19.3. The Hall–Kier alpha value is -2.30. The van der Waals surface area contributed by atoms with Gasteiger partial charge < -0.3 is 4.74 Å². The van der Waals surface area contributed by atoms with Gasteiger partial charge in [-0.15, -0.1) is 0 Å². The minimum Gasteiger partial charge on any atom is -0.473 e. The maximum absolute atomic E-state index is 13.4. The molecule has 110 valence electrons. The van der Waals surface area contributed by atoms with Crippen molar-refractivity contribution < 1.29 is 13.5 Å². The summed E-state index contributed by atoms with van der Waals surface area (Å²) in [4.78, 5) is 7.60. The van der Waals surface area contributed by atoms with Gasteiger partial charge in [-0.25, -0.2) is 4.98 Å². The standard InChI is InChI=1S/C16H16F2N2O/c1-11(2)13-9-14(20-15(19-13)16(3,17)18)21-10-12-7-5-4-6-8-12/h4-9H,1,10H2,2-3H3. The van der Waals surface area contributed by atoms with Gasteiger partial charge in [-0.3, -0.25) is 0 Å². The molecule has 0 spiro atoms. The van der Waals surface area contributed by atoms with E-state index in [0.29, 0.717) is 11.3 Å². The maximum atomic E-state index is 13.4. The fourth-order valence-electron chi connectivity index (χ4n) is 1.65. The maximum Gasteiger partial charge on any atom is 0.303 e. The molecule has 0 N–H and O–H groups in total. The van der Waals surface area contributed by atoms with Gasteiger partial charge in [-0.1, -0.05) is 36.9 Å². The molecule has 5 heteroatoms. The van der Waals surface area contributed by atoms with Crippen molar-refractivity contribution in [1.29, 1.82) is 0 Å². The predicted octanol–water partition coefficient (Wildman–Crippen LogP) is 4.20. The quantitative estimate of drug-likeness (QED) is 0.827. The van der Waals surface area contributed by atoms with Gasteiger partial charge in [0.1, 0.15) is 6.61 Å². The van der Waals surface area contributed by atoms with Crippen LogP contribution in [0.1, 0.15) is 30.9 Å². The predicted molar refractivity (Wildman–Crippen MR) is 77.1 cm³/mol. The van der Waals surface area contributed by atoms with E-state index in [4.69, 9.17) is 4.74 Å². The second kappa shape index (κ2) is 5.99. The first-order chi connectivity index (χ1) is 9.86. The molecule has 2 rings (SSSR count). The van der Waals surface area contributed by atoms with Gasteiger partial charge in [0, 0.05) is 13.0 Å². The van der Waals surface area contributed by atoms with Crippen molar-refractivity contribution in [3.8, 4) is 5.88 Å². The van der Waals surface area contributed by atoms with Crippen molar-refractivity contribution in [2.75, 3.05) is 0 Å². The van der Waals surface area contributed by atoms with Crippen LogP contribution in [0.5, 0.6) is 5.88 Å². The lowest BCUT2D eigenvalue weighted by Crippen LogP contribution is -2.14. The zero-order chi connectivity index (χ0) is 15.5. The molecule has 0 bridgehead atoms. The number of hydrogen-bond donors (Lipinski definition) is 0. The summed E-state index contributed by atoms with van der Waals surface area (Å²) in [7, 11) is 0. The third-order valence-corrected chi connectivity index (χ3v) is 2.76. The van der Waals surface area contributed by atoms with Crippen LogP contribution in [0.3, 0.4) is 0 Å². The fourth-order valence-corrected chi connectivity index (χ4v) is 1.65. The van der Waals surface area contributed by atoms with Crippen LogP contribution < -0.4 is 4.74 Å². The summed E-state index contributed by atoms with van der Waals surface area (Å²) >= 11 is 0. The minimum atomic E-state index is -3.13. The second-order valence-corrected chi connectivity index (χ2v) is 4.86. The Labute approximate surface area is 122 Å². The first kappa shape index (κ1) is 15.1. The molecule has 0 aliphatic heterocycles. The smallest absolute Gasteiger partial charge is 0.303 e. The van der Waals surface area contributed by atoms with Crippen LogP contribution in [0.25, 0.3) is 5.57 Å². The van der Waals surface area contributed by atoms with Crippen molar-refractivity contribution in [2.24, 2.45) is 0 Å². The Kier molecular flexibility index (Phi) is 4.31. The molecule has 1 aromatic heterocycles. The van der Waals surface area contributed by atoms with E-state index in [-0.39, 0.29) is 12.5 Å². The Morgan fingerprint density at radius 2 is 1.90 bits per heavy atom. The third kappa shape index (κ3) is 4.08. The van der Waals surface area contributed by atoms with Crippen molar-refractivity contribution in [3.63, 3.8) is 0 Å². The van der Waals surface area contributed by atoms with Crippen molar-refractivity contribution >= 4 is 5.57 Å². The van der Waals surface area contributed by atoms with E-state index in [1.165, 1.54) is 6.07 Å². The van der Waals surface area contributed by atoms with E-state index in [9.17, 15) is 8.78 Å². The number of ether oxygens (including phenoxy) is 1. The summed E-state index contributed by atoms with van der Waals surface area (Å²) in [6.45, 7) is 6.42. The Morgan fingerprint density at radius 3 is 2.48 bits per heavy atom. The van der Waals surface area contributed by atoms with Crippen LogP contribution in [-0.4, -0.2) is 9.97 Å². The number of alkyl halides is 2. The highest BCUT2D eigenvalue weighted by Crippen LogP contribution is 2.27. The second-order valence-electron chi connectivity index (χ2n) is 4.86. The van der Waals surface area contributed by atoms with Crippen molar-refractivity contribution in [2.45, 2.75) is 26.4 Å². The van der Waals surface area contributed by atoms with Gasteiger partial charge in [0.05, 0.1) is 5.69 Å². The summed E-state index contributed by atoms with van der Waals surface area (Å²) in [6.07, 6.45) is 0. The molecular weight excluding hydrogens is 274 g/mol. The number of rotatable bonds is 5. The molecule has 0 atom stereocenters. The van der Waals surface area contributed by atoms with E-state index in [1.54, 1.807) is 6.92 Å². The van der Waals surface area contributed by atoms with Crippen LogP contribution in [0.15, 0.2) is 43.0 Å². The van der Waals surface area contributed by atoms with E-state index in [2.05, 4.69) is 16.5 Å². The van der Waals surface area contributed by atoms with Gasteiger partial charge in [0.2, 0.25) is 11.7 Å². The normalized spacial score (nSPS) is 11.2. The third-order valence-electron chi connectivity index (χ3n) is 2.76. The van der Waals surface area contributed by atoms with Crippen LogP contribution in [0.2, 0.25) is 0 Å². The molecule has 0 aliphatic rings. The van der Waals surface area contributed by atoms with Gasteiger partial charge in [-0.05, 0) is 18.1 Å². The van der Waals surface area contributed by atoms with Crippen LogP contribution >= 0.6 is 0 Å². The number of hydrogen-bond acceptors (Lipinski definition) is 3. The lowest BCUT2D eigenvalue weighted by atomic mass is 10.2. The molecule has 1 heterocycles. The first-order valence-electron chi connectivity index (χ1n) is 6.46. The molecule has 0 radical (unpaired) electrons. The van der Waals surface area contributed by atoms with Gasteiger partial charge in [0.25, 0.3) is 0 Å². The van der Waals surface area contributed by atoms with E-state index < -0.39 is 11.7 Å². The molecule has 0 saturated heterocycles. The van der Waals surface area contributed by atoms with Crippen LogP contribution in [0.4, 0.5) is 8.78 Å². The lowest BCUT2D eigenvalue weighted by Gasteiger charge is -2.13. The highest BCUT2D eigenvalue weighted by Gasteiger charge is 2.29. The molecular formula is C16H16F2N2O. The molecule has 2 aromatic rings. The topological polar surface area (TPSA) is 35.0 Å². The van der Waals surface area contributed by atoms with E-state index >= 15 is 0 Å². The minimum absolute atomic E-state index is 0.114. The van der Waals surface area contributed by atoms with Crippen molar-refractivity contribution in [1.82, 2.24) is 9.97 Å². The zero-order valence-electron chi connectivity index (χ0n) is 11.9. The number of nitrogens with zero attached hydrogens (tertiary/aromatic N) is 2. The van der Waals surface area contributed by atoms with Crippen LogP contribution in [0, 0.1) is 0 Å². The van der Waals surface area contributed by atoms with Crippen molar-refractivity contribution in [3.05, 3.63) is 60.1 Å². The molecule has 0 saturated carbocycles. The lowest BCUT2D eigenvalue weighted by molar-refractivity contribution is 0.00682.